The van der Waals surface area contributed by atoms with E-state index in [1.165, 1.54) is 0 Å². The third kappa shape index (κ3) is 3.12. The highest BCUT2D eigenvalue weighted by atomic mass is 16.6. The van der Waals surface area contributed by atoms with Crippen LogP contribution >= 0.6 is 0 Å². The number of aliphatic hydroxyl groups is 4. The monoisotopic (exact) mass is 333 g/mol. The predicted octanol–water partition coefficient (Wildman–Crippen LogP) is -0.630. The number of fused-ring (bicyclic) bond motifs is 1. The van der Waals surface area contributed by atoms with Crippen molar-refractivity contribution in [2.45, 2.75) is 30.6 Å². The van der Waals surface area contributed by atoms with Crippen LogP contribution in [0.5, 0.6) is 0 Å². The molecule has 1 amide bonds. The Morgan fingerprint density at radius 2 is 1.75 bits per heavy atom. The molecule has 0 spiro atoms. The zero-order valence-electron chi connectivity index (χ0n) is 12.7. The molecule has 5 N–H and O–H groups in total. The third-order valence-corrected chi connectivity index (χ3v) is 4.21. The number of nitrogens with one attached hydrogen (secondary N) is 1. The molecule has 1 saturated heterocycles. The zero-order chi connectivity index (χ0) is 17.3. The van der Waals surface area contributed by atoms with Crippen molar-refractivity contribution in [3.05, 3.63) is 48.0 Å². The molecule has 2 aromatic carbocycles. The third-order valence-electron chi connectivity index (χ3n) is 4.21. The highest BCUT2D eigenvalue weighted by Crippen LogP contribution is 2.21. The molecular weight excluding hydrogens is 314 g/mol. The summed E-state index contributed by atoms with van der Waals surface area (Å²) in [4.78, 5) is 12.4. The van der Waals surface area contributed by atoms with E-state index in [0.29, 0.717) is 5.56 Å². The number of carbonyl (C=O) groups excluding carboxylic acids is 1. The van der Waals surface area contributed by atoms with Crippen molar-refractivity contribution < 1.29 is 30.0 Å². The number of benzene rings is 2. The molecule has 3 rings (SSSR count). The molecular formula is C17H19NO6. The second kappa shape index (κ2) is 6.84. The van der Waals surface area contributed by atoms with E-state index in [1.54, 1.807) is 18.2 Å². The summed E-state index contributed by atoms with van der Waals surface area (Å²) in [6.07, 6.45) is -5.68. The Hall–Kier alpha value is -2.03. The van der Waals surface area contributed by atoms with Gasteiger partial charge < -0.3 is 30.5 Å². The summed E-state index contributed by atoms with van der Waals surface area (Å²) in [6.45, 7) is -0.524. The lowest BCUT2D eigenvalue weighted by molar-refractivity contribution is -0.261. The molecule has 1 fully saturated rings. The van der Waals surface area contributed by atoms with Gasteiger partial charge in [-0.1, -0.05) is 30.3 Å². The molecule has 2 aromatic rings. The lowest BCUT2D eigenvalue weighted by Crippen LogP contribution is -2.64. The first-order chi connectivity index (χ1) is 11.5. The van der Waals surface area contributed by atoms with Crippen molar-refractivity contribution >= 4 is 16.7 Å². The van der Waals surface area contributed by atoms with Gasteiger partial charge in [0.1, 0.15) is 18.3 Å². The van der Waals surface area contributed by atoms with Crippen LogP contribution in [0.2, 0.25) is 0 Å². The number of rotatable bonds is 3. The fourth-order valence-corrected chi connectivity index (χ4v) is 2.85. The number of amides is 1. The predicted molar refractivity (Wildman–Crippen MR) is 85.2 cm³/mol. The van der Waals surface area contributed by atoms with E-state index in [2.05, 4.69) is 5.32 Å². The van der Waals surface area contributed by atoms with Crippen LogP contribution in [-0.2, 0) is 4.74 Å². The Bertz CT molecular complexity index is 734. The maximum absolute atomic E-state index is 12.4. The first kappa shape index (κ1) is 16.8. The van der Waals surface area contributed by atoms with Crippen molar-refractivity contribution in [1.82, 2.24) is 5.32 Å². The molecule has 128 valence electrons. The molecule has 0 aromatic heterocycles. The standard InChI is InChI=1S/C17H19NO6/c19-8-12-13(14(20)15(21)17(23)24-12)18-16(22)11-6-5-9-3-1-2-4-10(9)7-11/h1-7,12-15,17,19-21,23H,8H2,(H,18,22)/t12-,13+,14+,15-,17?/m1/s1. The Morgan fingerprint density at radius 3 is 2.46 bits per heavy atom. The largest absolute Gasteiger partial charge is 0.394 e. The average molecular weight is 333 g/mol. The van der Waals surface area contributed by atoms with Gasteiger partial charge in [-0.2, -0.15) is 0 Å². The van der Waals surface area contributed by atoms with Gasteiger partial charge in [-0.3, -0.25) is 4.79 Å². The van der Waals surface area contributed by atoms with Crippen LogP contribution in [0.4, 0.5) is 0 Å². The summed E-state index contributed by atoms with van der Waals surface area (Å²) >= 11 is 0. The normalized spacial score (nSPS) is 30.2. The summed E-state index contributed by atoms with van der Waals surface area (Å²) in [5.74, 6) is -0.476. The summed E-state index contributed by atoms with van der Waals surface area (Å²) in [6, 6.07) is 11.7. The van der Waals surface area contributed by atoms with E-state index in [1.807, 2.05) is 24.3 Å². The molecule has 1 aliphatic rings. The topological polar surface area (TPSA) is 119 Å². The lowest BCUT2D eigenvalue weighted by Gasteiger charge is -2.40. The first-order valence-corrected chi connectivity index (χ1v) is 7.61. The number of hydrogen-bond donors (Lipinski definition) is 5. The molecule has 7 heteroatoms. The molecule has 1 heterocycles. The van der Waals surface area contributed by atoms with Crippen molar-refractivity contribution in [3.8, 4) is 0 Å². The fourth-order valence-electron chi connectivity index (χ4n) is 2.85. The van der Waals surface area contributed by atoms with Crippen LogP contribution in [0.3, 0.4) is 0 Å². The zero-order valence-corrected chi connectivity index (χ0v) is 12.7. The van der Waals surface area contributed by atoms with Crippen LogP contribution in [0.1, 0.15) is 10.4 Å². The van der Waals surface area contributed by atoms with Crippen LogP contribution in [-0.4, -0.2) is 63.6 Å². The van der Waals surface area contributed by atoms with Crippen molar-refractivity contribution in [1.29, 1.82) is 0 Å². The minimum Gasteiger partial charge on any atom is -0.394 e. The summed E-state index contributed by atoms with van der Waals surface area (Å²) < 4.78 is 5.02. The molecule has 0 aliphatic carbocycles. The van der Waals surface area contributed by atoms with Crippen molar-refractivity contribution in [2.24, 2.45) is 0 Å². The van der Waals surface area contributed by atoms with Crippen LogP contribution < -0.4 is 5.32 Å². The van der Waals surface area contributed by atoms with E-state index >= 15 is 0 Å². The summed E-state index contributed by atoms with van der Waals surface area (Å²) in [5, 5.41) is 43.0. The van der Waals surface area contributed by atoms with Gasteiger partial charge >= 0.3 is 0 Å². The Kier molecular flexibility index (Phi) is 4.79. The van der Waals surface area contributed by atoms with E-state index < -0.39 is 43.2 Å². The second-order valence-corrected chi connectivity index (χ2v) is 5.79. The SMILES string of the molecule is O=C(N[C@@H]1[C@H](O)[C@@H](O)C(O)O[C@@H]1CO)c1ccc2ccccc2c1. The van der Waals surface area contributed by atoms with Crippen molar-refractivity contribution in [3.63, 3.8) is 0 Å². The molecule has 1 unspecified atom stereocenters. The number of carbonyl (C=O) groups is 1. The van der Waals surface area contributed by atoms with Gasteiger partial charge in [0.2, 0.25) is 0 Å². The molecule has 7 nitrogen and oxygen atoms in total. The minimum absolute atomic E-state index is 0.373. The van der Waals surface area contributed by atoms with Crippen LogP contribution in [0.15, 0.2) is 42.5 Å². The smallest absolute Gasteiger partial charge is 0.251 e. The molecule has 24 heavy (non-hydrogen) atoms. The van der Waals surface area contributed by atoms with Gasteiger partial charge in [-0.25, -0.2) is 0 Å². The first-order valence-electron chi connectivity index (χ1n) is 7.61. The van der Waals surface area contributed by atoms with Crippen LogP contribution in [0.25, 0.3) is 10.8 Å². The van der Waals surface area contributed by atoms with Gasteiger partial charge in [0.15, 0.2) is 6.29 Å². The van der Waals surface area contributed by atoms with E-state index in [4.69, 9.17) is 4.74 Å². The fraction of sp³-hybridized carbons (Fsp3) is 0.353. The Morgan fingerprint density at radius 1 is 1.04 bits per heavy atom. The maximum Gasteiger partial charge on any atom is 0.251 e. The molecule has 0 radical (unpaired) electrons. The molecule has 0 saturated carbocycles. The van der Waals surface area contributed by atoms with Crippen molar-refractivity contribution in [2.75, 3.05) is 6.61 Å². The lowest BCUT2D eigenvalue weighted by atomic mass is 9.96. The number of aliphatic hydroxyl groups excluding tert-OH is 4. The van der Waals surface area contributed by atoms with Gasteiger partial charge in [-0.05, 0) is 22.9 Å². The second-order valence-electron chi connectivity index (χ2n) is 5.79. The van der Waals surface area contributed by atoms with E-state index in [0.717, 1.165) is 10.8 Å². The number of hydrogen-bond acceptors (Lipinski definition) is 6. The van der Waals surface area contributed by atoms with Gasteiger partial charge in [0, 0.05) is 5.56 Å². The van der Waals surface area contributed by atoms with Gasteiger partial charge in [0.25, 0.3) is 5.91 Å². The van der Waals surface area contributed by atoms with Gasteiger partial charge in [0.05, 0.1) is 12.6 Å². The quantitative estimate of drug-likeness (QED) is 0.510. The Labute approximate surface area is 138 Å². The summed E-state index contributed by atoms with van der Waals surface area (Å²) in [7, 11) is 0. The van der Waals surface area contributed by atoms with E-state index in [-0.39, 0.29) is 0 Å². The minimum atomic E-state index is -1.62. The molecule has 1 aliphatic heterocycles. The van der Waals surface area contributed by atoms with E-state index in [9.17, 15) is 25.2 Å². The van der Waals surface area contributed by atoms with Gasteiger partial charge in [-0.15, -0.1) is 0 Å². The number of ether oxygens (including phenoxy) is 1. The highest BCUT2D eigenvalue weighted by molar-refractivity contribution is 5.98. The summed E-state index contributed by atoms with van der Waals surface area (Å²) in [5.41, 5.74) is 0.373. The maximum atomic E-state index is 12.4. The average Bonchev–Trinajstić information content (AvgIpc) is 2.61. The Balaban J connectivity index is 1.81. The molecule has 5 atom stereocenters. The highest BCUT2D eigenvalue weighted by Gasteiger charge is 2.44. The molecule has 0 bridgehead atoms. The van der Waals surface area contributed by atoms with Crippen LogP contribution in [0, 0.1) is 0 Å².